The van der Waals surface area contributed by atoms with Gasteiger partial charge in [0, 0.05) is 40.3 Å². The summed E-state index contributed by atoms with van der Waals surface area (Å²) in [5, 5.41) is 3.12. The minimum atomic E-state index is -0.0928. The maximum atomic E-state index is 6.25. The highest BCUT2D eigenvalue weighted by Crippen LogP contribution is 2.25. The van der Waals surface area contributed by atoms with Crippen molar-refractivity contribution in [1.29, 1.82) is 0 Å². The number of halogens is 1. The normalized spacial score (nSPS) is 12.3. The first-order valence-corrected chi connectivity index (χ1v) is 8.25. The van der Waals surface area contributed by atoms with Gasteiger partial charge in [-0.25, -0.2) is 4.98 Å². The van der Waals surface area contributed by atoms with Gasteiger partial charge in [0.05, 0.1) is 10.7 Å². The second-order valence-electron chi connectivity index (χ2n) is 4.74. The highest BCUT2D eigenvalue weighted by molar-refractivity contribution is 9.10. The van der Waals surface area contributed by atoms with Crippen LogP contribution in [0.3, 0.4) is 0 Å². The lowest BCUT2D eigenvalue weighted by atomic mass is 10.1. The molecule has 0 aliphatic rings. The van der Waals surface area contributed by atoms with Gasteiger partial charge in [-0.1, -0.05) is 30.3 Å². The number of nitrogens with zero attached hydrogens (tertiary/aromatic N) is 2. The molecule has 0 fully saturated rings. The SMILES string of the molecule is NC(Cc1nc(-c2ccccc2)cs1)c1cncc(Br)c1. The molecule has 1 unspecified atom stereocenters. The largest absolute Gasteiger partial charge is 0.324 e. The Balaban J connectivity index is 1.75. The minimum Gasteiger partial charge on any atom is -0.324 e. The Kier molecular flexibility index (Phi) is 4.43. The molecule has 21 heavy (non-hydrogen) atoms. The second-order valence-corrected chi connectivity index (χ2v) is 6.60. The fourth-order valence-corrected chi connectivity index (χ4v) is 3.33. The van der Waals surface area contributed by atoms with Crippen molar-refractivity contribution < 1.29 is 0 Å². The van der Waals surface area contributed by atoms with Crippen LogP contribution in [-0.4, -0.2) is 9.97 Å². The van der Waals surface area contributed by atoms with E-state index in [9.17, 15) is 0 Å². The maximum Gasteiger partial charge on any atom is 0.0951 e. The van der Waals surface area contributed by atoms with Crippen LogP contribution in [0.5, 0.6) is 0 Å². The van der Waals surface area contributed by atoms with Gasteiger partial charge >= 0.3 is 0 Å². The molecule has 0 aliphatic carbocycles. The molecule has 3 rings (SSSR count). The van der Waals surface area contributed by atoms with E-state index in [-0.39, 0.29) is 6.04 Å². The van der Waals surface area contributed by atoms with E-state index >= 15 is 0 Å². The number of benzene rings is 1. The summed E-state index contributed by atoms with van der Waals surface area (Å²) in [5.41, 5.74) is 9.41. The van der Waals surface area contributed by atoms with Crippen molar-refractivity contribution in [3.05, 3.63) is 69.2 Å². The number of hydrogen-bond acceptors (Lipinski definition) is 4. The van der Waals surface area contributed by atoms with Crippen LogP contribution < -0.4 is 5.73 Å². The van der Waals surface area contributed by atoms with E-state index in [1.165, 1.54) is 0 Å². The summed E-state index contributed by atoms with van der Waals surface area (Å²) in [6.07, 6.45) is 4.28. The Morgan fingerprint density at radius 1 is 1.19 bits per heavy atom. The Bertz CT molecular complexity index is 727. The number of thiazole rings is 1. The van der Waals surface area contributed by atoms with Gasteiger partial charge in [-0.05, 0) is 27.6 Å². The third kappa shape index (κ3) is 3.56. The van der Waals surface area contributed by atoms with E-state index in [1.807, 2.05) is 24.3 Å². The molecular formula is C16H14BrN3S. The van der Waals surface area contributed by atoms with Gasteiger partial charge in [0.2, 0.25) is 0 Å². The van der Waals surface area contributed by atoms with Crippen molar-refractivity contribution in [2.24, 2.45) is 5.73 Å². The topological polar surface area (TPSA) is 51.8 Å². The van der Waals surface area contributed by atoms with E-state index < -0.39 is 0 Å². The molecule has 0 saturated carbocycles. The third-order valence-electron chi connectivity index (χ3n) is 3.17. The number of rotatable bonds is 4. The molecule has 0 radical (unpaired) electrons. The summed E-state index contributed by atoms with van der Waals surface area (Å²) in [4.78, 5) is 8.83. The summed E-state index contributed by atoms with van der Waals surface area (Å²) >= 11 is 5.07. The first-order chi connectivity index (χ1) is 10.2. The zero-order valence-electron chi connectivity index (χ0n) is 11.2. The minimum absolute atomic E-state index is 0.0928. The van der Waals surface area contributed by atoms with Gasteiger partial charge in [-0.15, -0.1) is 11.3 Å². The van der Waals surface area contributed by atoms with E-state index in [0.29, 0.717) is 0 Å². The highest BCUT2D eigenvalue weighted by atomic mass is 79.9. The summed E-state index contributed by atoms with van der Waals surface area (Å²) in [6, 6.07) is 12.1. The lowest BCUT2D eigenvalue weighted by Crippen LogP contribution is -2.13. The predicted octanol–water partition coefficient (Wildman–Crippen LogP) is 4.21. The molecule has 0 bridgehead atoms. The van der Waals surface area contributed by atoms with E-state index in [4.69, 9.17) is 5.73 Å². The highest BCUT2D eigenvalue weighted by Gasteiger charge is 2.11. The Labute approximate surface area is 136 Å². The molecule has 2 heterocycles. The van der Waals surface area contributed by atoms with Gasteiger partial charge < -0.3 is 5.73 Å². The molecule has 0 saturated heterocycles. The van der Waals surface area contributed by atoms with Crippen molar-refractivity contribution in [3.63, 3.8) is 0 Å². The summed E-state index contributed by atoms with van der Waals surface area (Å²) in [5.74, 6) is 0. The molecule has 5 heteroatoms. The van der Waals surface area contributed by atoms with Gasteiger partial charge in [0.1, 0.15) is 0 Å². The van der Waals surface area contributed by atoms with Crippen LogP contribution in [0.25, 0.3) is 11.3 Å². The molecule has 3 aromatic rings. The van der Waals surface area contributed by atoms with Gasteiger partial charge in [-0.2, -0.15) is 0 Å². The maximum absolute atomic E-state index is 6.25. The Morgan fingerprint density at radius 2 is 2.00 bits per heavy atom. The lowest BCUT2D eigenvalue weighted by Gasteiger charge is -2.09. The van der Waals surface area contributed by atoms with E-state index in [2.05, 4.69) is 43.4 Å². The fourth-order valence-electron chi connectivity index (χ4n) is 2.08. The van der Waals surface area contributed by atoms with Crippen molar-refractivity contribution in [2.75, 3.05) is 0 Å². The molecule has 3 nitrogen and oxygen atoms in total. The molecule has 0 aliphatic heterocycles. The number of nitrogens with two attached hydrogens (primary N) is 1. The molecule has 2 aromatic heterocycles. The molecule has 1 aromatic carbocycles. The van der Waals surface area contributed by atoms with Crippen LogP contribution >= 0.6 is 27.3 Å². The average molecular weight is 360 g/mol. The summed E-state index contributed by atoms with van der Waals surface area (Å²) in [7, 11) is 0. The summed E-state index contributed by atoms with van der Waals surface area (Å²) < 4.78 is 0.944. The van der Waals surface area contributed by atoms with Crippen molar-refractivity contribution >= 4 is 27.3 Å². The van der Waals surface area contributed by atoms with Crippen LogP contribution in [0.15, 0.2) is 58.6 Å². The van der Waals surface area contributed by atoms with Crippen molar-refractivity contribution in [2.45, 2.75) is 12.5 Å². The monoisotopic (exact) mass is 359 g/mol. The first-order valence-electron chi connectivity index (χ1n) is 6.58. The number of pyridine rings is 1. The molecule has 0 spiro atoms. The van der Waals surface area contributed by atoms with Gasteiger partial charge in [-0.3, -0.25) is 4.98 Å². The van der Waals surface area contributed by atoms with Crippen LogP contribution in [0.4, 0.5) is 0 Å². The number of aromatic nitrogens is 2. The fraction of sp³-hybridized carbons (Fsp3) is 0.125. The Hall–Kier alpha value is -1.56. The van der Waals surface area contributed by atoms with Gasteiger partial charge in [0.15, 0.2) is 0 Å². The van der Waals surface area contributed by atoms with Gasteiger partial charge in [0.25, 0.3) is 0 Å². The predicted molar refractivity (Wildman–Crippen MR) is 90.1 cm³/mol. The first kappa shape index (κ1) is 14.4. The van der Waals surface area contributed by atoms with E-state index in [1.54, 1.807) is 23.7 Å². The second kappa shape index (κ2) is 6.47. The van der Waals surface area contributed by atoms with Crippen molar-refractivity contribution in [1.82, 2.24) is 9.97 Å². The zero-order valence-corrected chi connectivity index (χ0v) is 13.6. The third-order valence-corrected chi connectivity index (χ3v) is 4.47. The Morgan fingerprint density at radius 3 is 2.76 bits per heavy atom. The quantitative estimate of drug-likeness (QED) is 0.758. The standard InChI is InChI=1S/C16H14BrN3S/c17-13-6-12(8-19-9-13)14(18)7-16-20-15(10-21-16)11-4-2-1-3-5-11/h1-6,8-10,14H,7,18H2. The molecule has 2 N–H and O–H groups in total. The van der Waals surface area contributed by atoms with Crippen LogP contribution in [-0.2, 0) is 6.42 Å². The molecule has 1 atom stereocenters. The average Bonchev–Trinajstić information content (AvgIpc) is 2.97. The lowest BCUT2D eigenvalue weighted by molar-refractivity contribution is 0.714. The molecule has 0 amide bonds. The number of hydrogen-bond donors (Lipinski definition) is 1. The van der Waals surface area contributed by atoms with Crippen molar-refractivity contribution in [3.8, 4) is 11.3 Å². The van der Waals surface area contributed by atoms with Crippen LogP contribution in [0.1, 0.15) is 16.6 Å². The molecule has 106 valence electrons. The zero-order chi connectivity index (χ0) is 14.7. The summed E-state index contributed by atoms with van der Waals surface area (Å²) in [6.45, 7) is 0. The van der Waals surface area contributed by atoms with E-state index in [0.717, 1.165) is 32.7 Å². The van der Waals surface area contributed by atoms with Crippen LogP contribution in [0, 0.1) is 0 Å². The smallest absolute Gasteiger partial charge is 0.0951 e. The molecular weight excluding hydrogens is 346 g/mol. The van der Waals surface area contributed by atoms with Crippen LogP contribution in [0.2, 0.25) is 0 Å².